The predicted octanol–water partition coefficient (Wildman–Crippen LogP) is 1.77. The van der Waals surface area contributed by atoms with Crippen molar-refractivity contribution >= 4 is 0 Å². The number of aliphatic hydroxyl groups is 1. The molecule has 1 N–H and O–H groups in total. The van der Waals surface area contributed by atoms with E-state index >= 15 is 0 Å². The number of methoxy groups -OCH3 is 2. The first-order chi connectivity index (χ1) is 9.08. The van der Waals surface area contributed by atoms with E-state index in [9.17, 15) is 5.11 Å². The van der Waals surface area contributed by atoms with E-state index in [0.717, 1.165) is 51.5 Å². The summed E-state index contributed by atoms with van der Waals surface area (Å²) in [5.41, 5.74) is 0. The molecular formula is C15H31NO3. The Morgan fingerprint density at radius 1 is 1.26 bits per heavy atom. The van der Waals surface area contributed by atoms with E-state index in [2.05, 4.69) is 18.7 Å². The van der Waals surface area contributed by atoms with Crippen molar-refractivity contribution in [2.75, 3.05) is 40.5 Å². The molecule has 1 aliphatic carbocycles. The lowest BCUT2D eigenvalue weighted by atomic mass is 9.80. The summed E-state index contributed by atoms with van der Waals surface area (Å²) in [5.74, 6) is 1.12. The first-order valence-corrected chi connectivity index (χ1v) is 7.48. The molecule has 1 rings (SSSR count). The standard InChI is InChI=1S/C15H31NO3/c1-12-5-6-15(17)14(9-12)10-16(7-8-18-3)13(2)11-19-4/h12-15,17H,5-11H2,1-4H3. The third-order valence-electron chi connectivity index (χ3n) is 4.29. The molecule has 114 valence electrons. The second-order valence-electron chi connectivity index (χ2n) is 6.04. The maximum Gasteiger partial charge on any atom is 0.0615 e. The van der Waals surface area contributed by atoms with Gasteiger partial charge in [0.2, 0.25) is 0 Å². The molecule has 0 spiro atoms. The van der Waals surface area contributed by atoms with Crippen LogP contribution in [0, 0.1) is 11.8 Å². The van der Waals surface area contributed by atoms with Gasteiger partial charge in [-0.1, -0.05) is 6.92 Å². The Hall–Kier alpha value is -0.160. The number of aliphatic hydroxyl groups excluding tert-OH is 1. The van der Waals surface area contributed by atoms with Gasteiger partial charge in [-0.15, -0.1) is 0 Å². The van der Waals surface area contributed by atoms with Gasteiger partial charge in [-0.2, -0.15) is 0 Å². The zero-order valence-electron chi connectivity index (χ0n) is 13.0. The van der Waals surface area contributed by atoms with Gasteiger partial charge >= 0.3 is 0 Å². The summed E-state index contributed by atoms with van der Waals surface area (Å²) in [7, 11) is 3.47. The molecule has 1 fully saturated rings. The molecule has 4 nitrogen and oxygen atoms in total. The van der Waals surface area contributed by atoms with Crippen LogP contribution in [0.3, 0.4) is 0 Å². The van der Waals surface area contributed by atoms with Crippen molar-refractivity contribution in [3.8, 4) is 0 Å². The molecule has 0 aromatic rings. The summed E-state index contributed by atoms with van der Waals surface area (Å²) in [6, 6.07) is 0.365. The van der Waals surface area contributed by atoms with Crippen molar-refractivity contribution in [2.24, 2.45) is 11.8 Å². The minimum Gasteiger partial charge on any atom is -0.393 e. The Morgan fingerprint density at radius 2 is 2.00 bits per heavy atom. The first-order valence-electron chi connectivity index (χ1n) is 7.48. The smallest absolute Gasteiger partial charge is 0.0615 e. The molecule has 19 heavy (non-hydrogen) atoms. The highest BCUT2D eigenvalue weighted by Crippen LogP contribution is 2.30. The maximum atomic E-state index is 10.2. The van der Waals surface area contributed by atoms with Gasteiger partial charge in [-0.05, 0) is 38.0 Å². The monoisotopic (exact) mass is 273 g/mol. The largest absolute Gasteiger partial charge is 0.393 e. The quantitative estimate of drug-likeness (QED) is 0.732. The van der Waals surface area contributed by atoms with Crippen LogP contribution in [0.5, 0.6) is 0 Å². The molecule has 1 saturated carbocycles. The summed E-state index contributed by atoms with van der Waals surface area (Å²) in [6.07, 6.45) is 3.09. The normalized spacial score (nSPS) is 29.7. The van der Waals surface area contributed by atoms with E-state index in [1.165, 1.54) is 0 Å². The van der Waals surface area contributed by atoms with E-state index in [1.54, 1.807) is 14.2 Å². The molecule has 0 heterocycles. The average molecular weight is 273 g/mol. The van der Waals surface area contributed by atoms with Crippen molar-refractivity contribution in [3.63, 3.8) is 0 Å². The first kappa shape index (κ1) is 16.9. The van der Waals surface area contributed by atoms with E-state index in [-0.39, 0.29) is 6.10 Å². The van der Waals surface area contributed by atoms with Crippen LogP contribution < -0.4 is 0 Å². The maximum absolute atomic E-state index is 10.2. The van der Waals surface area contributed by atoms with Crippen molar-refractivity contribution in [1.29, 1.82) is 0 Å². The highest BCUT2D eigenvalue weighted by molar-refractivity contribution is 4.82. The van der Waals surface area contributed by atoms with E-state index in [4.69, 9.17) is 9.47 Å². The molecule has 0 bridgehead atoms. The molecule has 0 aromatic carbocycles. The fourth-order valence-electron chi connectivity index (χ4n) is 3.03. The van der Waals surface area contributed by atoms with Crippen molar-refractivity contribution < 1.29 is 14.6 Å². The van der Waals surface area contributed by atoms with Gasteiger partial charge in [-0.25, -0.2) is 0 Å². The average Bonchev–Trinajstić information content (AvgIpc) is 2.38. The molecule has 0 radical (unpaired) electrons. The molecule has 0 aliphatic heterocycles. The van der Waals surface area contributed by atoms with Crippen LogP contribution in [-0.2, 0) is 9.47 Å². The SMILES string of the molecule is COCCN(CC1CC(C)CCC1O)C(C)COC. The van der Waals surface area contributed by atoms with Gasteiger partial charge in [0.25, 0.3) is 0 Å². The third kappa shape index (κ3) is 5.78. The summed E-state index contributed by atoms with van der Waals surface area (Å²) >= 11 is 0. The highest BCUT2D eigenvalue weighted by atomic mass is 16.5. The number of hydrogen-bond acceptors (Lipinski definition) is 4. The predicted molar refractivity (Wildman–Crippen MR) is 77.3 cm³/mol. The molecule has 4 heteroatoms. The molecular weight excluding hydrogens is 242 g/mol. The zero-order chi connectivity index (χ0) is 14.3. The van der Waals surface area contributed by atoms with Gasteiger partial charge in [-0.3, -0.25) is 4.90 Å². The number of hydrogen-bond donors (Lipinski definition) is 1. The lowest BCUT2D eigenvalue weighted by Crippen LogP contribution is -2.45. The van der Waals surface area contributed by atoms with Crippen LogP contribution in [0.25, 0.3) is 0 Å². The molecule has 0 amide bonds. The summed E-state index contributed by atoms with van der Waals surface area (Å²) in [5, 5.41) is 10.2. The summed E-state index contributed by atoms with van der Waals surface area (Å²) in [6.45, 7) is 7.77. The fourth-order valence-corrected chi connectivity index (χ4v) is 3.03. The van der Waals surface area contributed by atoms with E-state index < -0.39 is 0 Å². The topological polar surface area (TPSA) is 41.9 Å². The Morgan fingerprint density at radius 3 is 2.63 bits per heavy atom. The van der Waals surface area contributed by atoms with Crippen molar-refractivity contribution in [3.05, 3.63) is 0 Å². The Labute approximate surface area is 118 Å². The van der Waals surface area contributed by atoms with Gasteiger partial charge in [0.15, 0.2) is 0 Å². The van der Waals surface area contributed by atoms with E-state index in [1.807, 2.05) is 0 Å². The van der Waals surface area contributed by atoms with Crippen LogP contribution in [-0.4, -0.2) is 62.7 Å². The molecule has 4 unspecified atom stereocenters. The minimum atomic E-state index is -0.143. The Kier molecular flexibility index (Phi) is 7.91. The lowest BCUT2D eigenvalue weighted by Gasteiger charge is -2.37. The Bertz CT molecular complexity index is 237. The second kappa shape index (κ2) is 8.90. The van der Waals surface area contributed by atoms with Gasteiger partial charge in [0.1, 0.15) is 0 Å². The zero-order valence-corrected chi connectivity index (χ0v) is 13.0. The highest BCUT2D eigenvalue weighted by Gasteiger charge is 2.29. The summed E-state index contributed by atoms with van der Waals surface area (Å²) in [4.78, 5) is 2.39. The number of rotatable bonds is 8. The van der Waals surface area contributed by atoms with E-state index in [0.29, 0.717) is 12.0 Å². The van der Waals surface area contributed by atoms with Crippen LogP contribution in [0.15, 0.2) is 0 Å². The van der Waals surface area contributed by atoms with Crippen molar-refractivity contribution in [2.45, 2.75) is 45.3 Å². The van der Waals surface area contributed by atoms with Gasteiger partial charge < -0.3 is 14.6 Å². The van der Waals surface area contributed by atoms with Crippen LogP contribution in [0.1, 0.15) is 33.1 Å². The molecule has 1 aliphatic rings. The summed E-state index contributed by atoms with van der Waals surface area (Å²) < 4.78 is 10.4. The lowest BCUT2D eigenvalue weighted by molar-refractivity contribution is 0.00555. The van der Waals surface area contributed by atoms with Gasteiger partial charge in [0, 0.05) is 33.4 Å². The molecule has 4 atom stereocenters. The number of nitrogens with zero attached hydrogens (tertiary/aromatic N) is 1. The minimum absolute atomic E-state index is 0.143. The fraction of sp³-hybridized carbons (Fsp3) is 1.00. The molecule has 0 aromatic heterocycles. The van der Waals surface area contributed by atoms with Crippen LogP contribution in [0.4, 0.5) is 0 Å². The number of ether oxygens (including phenoxy) is 2. The van der Waals surface area contributed by atoms with Crippen molar-refractivity contribution in [1.82, 2.24) is 4.90 Å². The van der Waals surface area contributed by atoms with Crippen LogP contribution >= 0.6 is 0 Å². The Balaban J connectivity index is 2.53. The molecule has 0 saturated heterocycles. The van der Waals surface area contributed by atoms with Gasteiger partial charge in [0.05, 0.1) is 19.3 Å². The second-order valence-corrected chi connectivity index (χ2v) is 6.04. The van der Waals surface area contributed by atoms with Crippen LogP contribution in [0.2, 0.25) is 0 Å². The third-order valence-corrected chi connectivity index (χ3v) is 4.29.